The number of hydrogen-bond donors (Lipinski definition) is 1. The standard InChI is InChI=1S/C11H25N/c1-7-9(2)10(3)12-8-11(4,5)6/h9-10,12H,7-8H2,1-6H3. The lowest BCUT2D eigenvalue weighted by Crippen LogP contribution is -2.37. The molecule has 0 heterocycles. The van der Waals surface area contributed by atoms with E-state index >= 15 is 0 Å². The lowest BCUT2D eigenvalue weighted by atomic mass is 9.94. The van der Waals surface area contributed by atoms with Gasteiger partial charge in [-0.25, -0.2) is 0 Å². The first kappa shape index (κ1) is 12.0. The monoisotopic (exact) mass is 171 g/mol. The van der Waals surface area contributed by atoms with Crippen molar-refractivity contribution in [2.45, 2.75) is 54.0 Å². The van der Waals surface area contributed by atoms with Crippen LogP contribution >= 0.6 is 0 Å². The molecule has 0 aliphatic carbocycles. The minimum Gasteiger partial charge on any atom is -0.313 e. The molecule has 0 aromatic carbocycles. The average Bonchev–Trinajstić information content (AvgIpc) is 1.97. The van der Waals surface area contributed by atoms with Crippen LogP contribution in [-0.4, -0.2) is 12.6 Å². The maximum absolute atomic E-state index is 3.57. The van der Waals surface area contributed by atoms with Crippen LogP contribution in [0.25, 0.3) is 0 Å². The van der Waals surface area contributed by atoms with E-state index < -0.39 is 0 Å². The molecular weight excluding hydrogens is 146 g/mol. The molecule has 2 unspecified atom stereocenters. The van der Waals surface area contributed by atoms with E-state index in [-0.39, 0.29) is 0 Å². The van der Waals surface area contributed by atoms with Crippen molar-refractivity contribution in [1.29, 1.82) is 0 Å². The Bertz CT molecular complexity index is 113. The predicted octanol–water partition coefficient (Wildman–Crippen LogP) is 3.06. The Morgan fingerprint density at radius 3 is 2.00 bits per heavy atom. The van der Waals surface area contributed by atoms with Crippen molar-refractivity contribution in [3.8, 4) is 0 Å². The van der Waals surface area contributed by atoms with E-state index in [9.17, 15) is 0 Å². The summed E-state index contributed by atoms with van der Waals surface area (Å²) in [5.74, 6) is 0.785. The average molecular weight is 171 g/mol. The van der Waals surface area contributed by atoms with Crippen LogP contribution in [0.4, 0.5) is 0 Å². The summed E-state index contributed by atoms with van der Waals surface area (Å²) in [6.07, 6.45) is 1.26. The smallest absolute Gasteiger partial charge is 0.00644 e. The summed E-state index contributed by atoms with van der Waals surface area (Å²) in [5.41, 5.74) is 0.404. The first-order chi connectivity index (χ1) is 5.37. The zero-order chi connectivity index (χ0) is 9.78. The molecule has 0 aromatic heterocycles. The van der Waals surface area contributed by atoms with Crippen LogP contribution in [0.2, 0.25) is 0 Å². The van der Waals surface area contributed by atoms with Gasteiger partial charge in [-0.1, -0.05) is 41.0 Å². The third kappa shape index (κ3) is 5.59. The van der Waals surface area contributed by atoms with Crippen molar-refractivity contribution in [2.75, 3.05) is 6.54 Å². The highest BCUT2D eigenvalue weighted by molar-refractivity contribution is 4.72. The lowest BCUT2D eigenvalue weighted by Gasteiger charge is -2.25. The molecule has 1 heteroatoms. The predicted molar refractivity (Wildman–Crippen MR) is 56.4 cm³/mol. The molecule has 0 amide bonds. The number of hydrogen-bond acceptors (Lipinski definition) is 1. The van der Waals surface area contributed by atoms with Gasteiger partial charge in [0.2, 0.25) is 0 Å². The molecule has 0 spiro atoms. The number of rotatable bonds is 4. The van der Waals surface area contributed by atoms with Crippen molar-refractivity contribution >= 4 is 0 Å². The zero-order valence-electron chi connectivity index (χ0n) is 9.57. The van der Waals surface area contributed by atoms with Crippen molar-refractivity contribution in [3.63, 3.8) is 0 Å². The van der Waals surface area contributed by atoms with Gasteiger partial charge < -0.3 is 5.32 Å². The Balaban J connectivity index is 3.64. The molecule has 0 aliphatic rings. The molecular formula is C11H25N. The molecule has 0 rings (SSSR count). The normalized spacial score (nSPS) is 17.5. The fraction of sp³-hybridized carbons (Fsp3) is 1.00. The van der Waals surface area contributed by atoms with Crippen LogP contribution in [0, 0.1) is 11.3 Å². The van der Waals surface area contributed by atoms with Crippen LogP contribution in [0.5, 0.6) is 0 Å². The fourth-order valence-electron chi connectivity index (χ4n) is 1.02. The quantitative estimate of drug-likeness (QED) is 0.685. The molecule has 2 atom stereocenters. The second-order valence-corrected chi connectivity index (χ2v) is 5.12. The summed E-state index contributed by atoms with van der Waals surface area (Å²) < 4.78 is 0. The van der Waals surface area contributed by atoms with Gasteiger partial charge in [0.05, 0.1) is 0 Å². The van der Waals surface area contributed by atoms with E-state index in [0.29, 0.717) is 11.5 Å². The molecule has 0 aliphatic heterocycles. The first-order valence-electron chi connectivity index (χ1n) is 5.10. The summed E-state index contributed by atoms with van der Waals surface area (Å²) in [4.78, 5) is 0. The molecule has 0 bridgehead atoms. The maximum Gasteiger partial charge on any atom is 0.00644 e. The third-order valence-electron chi connectivity index (χ3n) is 2.45. The molecule has 0 fully saturated rings. The highest BCUT2D eigenvalue weighted by Gasteiger charge is 2.14. The summed E-state index contributed by atoms with van der Waals surface area (Å²) >= 11 is 0. The Morgan fingerprint density at radius 2 is 1.67 bits per heavy atom. The van der Waals surface area contributed by atoms with Crippen LogP contribution in [0.3, 0.4) is 0 Å². The van der Waals surface area contributed by atoms with Gasteiger partial charge in [-0.3, -0.25) is 0 Å². The third-order valence-corrected chi connectivity index (χ3v) is 2.45. The van der Waals surface area contributed by atoms with E-state index in [1.54, 1.807) is 0 Å². The lowest BCUT2D eigenvalue weighted by molar-refractivity contribution is 0.314. The SMILES string of the molecule is CCC(C)C(C)NCC(C)(C)C. The van der Waals surface area contributed by atoms with E-state index in [2.05, 4.69) is 46.9 Å². The van der Waals surface area contributed by atoms with Gasteiger partial charge in [0, 0.05) is 12.6 Å². The van der Waals surface area contributed by atoms with Gasteiger partial charge in [0.1, 0.15) is 0 Å². The maximum atomic E-state index is 3.57. The second kappa shape index (κ2) is 4.86. The second-order valence-electron chi connectivity index (χ2n) is 5.12. The zero-order valence-corrected chi connectivity index (χ0v) is 9.57. The Hall–Kier alpha value is -0.0400. The van der Waals surface area contributed by atoms with E-state index in [0.717, 1.165) is 12.5 Å². The van der Waals surface area contributed by atoms with Crippen LogP contribution in [-0.2, 0) is 0 Å². The van der Waals surface area contributed by atoms with Crippen LogP contribution in [0.15, 0.2) is 0 Å². The Morgan fingerprint density at radius 1 is 1.17 bits per heavy atom. The van der Waals surface area contributed by atoms with E-state index in [1.807, 2.05) is 0 Å². The van der Waals surface area contributed by atoms with Gasteiger partial charge in [-0.15, -0.1) is 0 Å². The van der Waals surface area contributed by atoms with Gasteiger partial charge in [-0.2, -0.15) is 0 Å². The molecule has 12 heavy (non-hydrogen) atoms. The van der Waals surface area contributed by atoms with Gasteiger partial charge in [-0.05, 0) is 18.3 Å². The Kier molecular flexibility index (Phi) is 4.84. The first-order valence-corrected chi connectivity index (χ1v) is 5.10. The molecule has 0 aromatic rings. The summed E-state index contributed by atoms with van der Waals surface area (Å²) in [6, 6.07) is 0.647. The minimum absolute atomic E-state index is 0.404. The van der Waals surface area contributed by atoms with E-state index in [4.69, 9.17) is 0 Å². The van der Waals surface area contributed by atoms with Crippen LogP contribution < -0.4 is 5.32 Å². The van der Waals surface area contributed by atoms with Crippen molar-refractivity contribution < 1.29 is 0 Å². The van der Waals surface area contributed by atoms with Gasteiger partial charge in [0.25, 0.3) is 0 Å². The summed E-state index contributed by atoms with van der Waals surface area (Å²) in [6.45, 7) is 14.7. The largest absolute Gasteiger partial charge is 0.313 e. The Labute approximate surface area is 77.9 Å². The fourth-order valence-corrected chi connectivity index (χ4v) is 1.02. The topological polar surface area (TPSA) is 12.0 Å². The number of nitrogens with one attached hydrogen (secondary N) is 1. The molecule has 1 nitrogen and oxygen atoms in total. The van der Waals surface area contributed by atoms with Crippen LogP contribution in [0.1, 0.15) is 48.0 Å². The van der Waals surface area contributed by atoms with Crippen molar-refractivity contribution in [1.82, 2.24) is 5.32 Å². The molecule has 0 radical (unpaired) electrons. The molecule has 0 saturated carbocycles. The summed E-state index contributed by atoms with van der Waals surface area (Å²) in [7, 11) is 0. The van der Waals surface area contributed by atoms with Crippen molar-refractivity contribution in [3.05, 3.63) is 0 Å². The summed E-state index contributed by atoms with van der Waals surface area (Å²) in [5, 5.41) is 3.57. The van der Waals surface area contributed by atoms with Gasteiger partial charge in [0.15, 0.2) is 0 Å². The van der Waals surface area contributed by atoms with Gasteiger partial charge >= 0.3 is 0 Å². The van der Waals surface area contributed by atoms with Crippen molar-refractivity contribution in [2.24, 2.45) is 11.3 Å². The molecule has 74 valence electrons. The highest BCUT2D eigenvalue weighted by Crippen LogP contribution is 2.13. The molecule has 0 saturated heterocycles. The molecule has 1 N–H and O–H groups in total. The van der Waals surface area contributed by atoms with E-state index in [1.165, 1.54) is 6.42 Å². The highest BCUT2D eigenvalue weighted by atomic mass is 14.9. The minimum atomic E-state index is 0.404.